The van der Waals surface area contributed by atoms with E-state index in [-0.39, 0.29) is 17.1 Å². The van der Waals surface area contributed by atoms with Gasteiger partial charge in [-0.25, -0.2) is 0 Å². The van der Waals surface area contributed by atoms with Gasteiger partial charge >= 0.3 is 6.18 Å². The Labute approximate surface area is 115 Å². The molecule has 3 N–H and O–H groups in total. The molecule has 0 aromatic carbocycles. The summed E-state index contributed by atoms with van der Waals surface area (Å²) in [5.41, 5.74) is -0.352. The molecule has 2 amide bonds. The number of carbonyl (C=O) groups excluding carboxylic acids is 2. The number of aromatic amines is 1. The van der Waals surface area contributed by atoms with Crippen LogP contribution in [0.3, 0.4) is 0 Å². The van der Waals surface area contributed by atoms with E-state index >= 15 is 0 Å². The Morgan fingerprint density at radius 1 is 1.33 bits per heavy atom. The topological polar surface area (TPSA) is 100 Å². The first-order chi connectivity index (χ1) is 9.87. The summed E-state index contributed by atoms with van der Waals surface area (Å²) in [5, 5.41) is 9.69. The van der Waals surface area contributed by atoms with Crippen molar-refractivity contribution in [2.75, 3.05) is 11.9 Å². The van der Waals surface area contributed by atoms with Gasteiger partial charge in [0.25, 0.3) is 11.8 Å². The Morgan fingerprint density at radius 2 is 2.10 bits per heavy atom. The smallest absolute Gasteiger partial charge is 0.405 e. The number of alkyl halides is 3. The van der Waals surface area contributed by atoms with Crippen molar-refractivity contribution in [3.05, 3.63) is 36.0 Å². The average molecular weight is 302 g/mol. The van der Waals surface area contributed by atoms with Crippen LogP contribution >= 0.6 is 0 Å². The van der Waals surface area contributed by atoms with Crippen LogP contribution in [0.5, 0.6) is 0 Å². The molecule has 0 aliphatic carbocycles. The fourth-order valence-electron chi connectivity index (χ4n) is 1.41. The number of rotatable bonds is 4. The highest BCUT2D eigenvalue weighted by atomic mass is 19.4. The highest BCUT2D eigenvalue weighted by Crippen LogP contribution is 2.15. The molecular weight excluding hydrogens is 293 g/mol. The SMILES string of the molecule is O=C(Nc1cn[nH]c1C(=O)NCC(F)(F)F)c1ccco1. The fraction of sp³-hybridized carbons (Fsp3) is 0.182. The van der Waals surface area contributed by atoms with Gasteiger partial charge in [0.05, 0.1) is 18.1 Å². The summed E-state index contributed by atoms with van der Waals surface area (Å²) < 4.78 is 40.9. The van der Waals surface area contributed by atoms with E-state index in [1.165, 1.54) is 18.4 Å². The molecular formula is C11H9F3N4O3. The van der Waals surface area contributed by atoms with Gasteiger partial charge in [-0.05, 0) is 12.1 Å². The predicted octanol–water partition coefficient (Wildman–Crippen LogP) is 1.55. The predicted molar refractivity (Wildman–Crippen MR) is 63.6 cm³/mol. The normalized spacial score (nSPS) is 11.2. The summed E-state index contributed by atoms with van der Waals surface area (Å²) in [4.78, 5) is 23.3. The van der Waals surface area contributed by atoms with Crippen LogP contribution in [0.15, 0.2) is 29.0 Å². The number of nitrogens with zero attached hydrogens (tertiary/aromatic N) is 1. The molecule has 0 fully saturated rings. The van der Waals surface area contributed by atoms with Gasteiger partial charge in [-0.15, -0.1) is 0 Å². The molecule has 21 heavy (non-hydrogen) atoms. The number of anilines is 1. The number of aromatic nitrogens is 2. The lowest BCUT2D eigenvalue weighted by Gasteiger charge is -2.08. The van der Waals surface area contributed by atoms with E-state index in [1.54, 1.807) is 5.32 Å². The molecule has 2 rings (SSSR count). The summed E-state index contributed by atoms with van der Waals surface area (Å²) in [6.45, 7) is -1.49. The third-order valence-electron chi connectivity index (χ3n) is 2.31. The Bertz CT molecular complexity index is 633. The minimum absolute atomic E-state index is 0.0159. The Balaban J connectivity index is 2.05. The van der Waals surface area contributed by atoms with Crippen molar-refractivity contribution < 1.29 is 27.2 Å². The summed E-state index contributed by atoms with van der Waals surface area (Å²) in [7, 11) is 0. The first kappa shape index (κ1) is 14.6. The molecule has 0 atom stereocenters. The molecule has 0 saturated heterocycles. The van der Waals surface area contributed by atoms with Gasteiger partial charge < -0.3 is 15.1 Å². The standard InChI is InChI=1S/C11H9F3N4O3/c12-11(13,14)5-15-10(20)8-6(4-16-18-8)17-9(19)7-2-1-3-21-7/h1-4H,5H2,(H,15,20)(H,16,18)(H,17,19). The van der Waals surface area contributed by atoms with Crippen molar-refractivity contribution in [2.24, 2.45) is 0 Å². The number of nitrogens with one attached hydrogen (secondary N) is 3. The second-order valence-electron chi connectivity index (χ2n) is 3.89. The van der Waals surface area contributed by atoms with Gasteiger partial charge in [0, 0.05) is 0 Å². The van der Waals surface area contributed by atoms with Gasteiger partial charge in [-0.3, -0.25) is 14.7 Å². The maximum atomic E-state index is 12.0. The van der Waals surface area contributed by atoms with Crippen molar-refractivity contribution in [3.8, 4) is 0 Å². The zero-order chi connectivity index (χ0) is 15.5. The van der Waals surface area contributed by atoms with E-state index in [0.717, 1.165) is 6.20 Å². The van der Waals surface area contributed by atoms with Crippen molar-refractivity contribution in [2.45, 2.75) is 6.18 Å². The largest absolute Gasteiger partial charge is 0.459 e. The van der Waals surface area contributed by atoms with Gasteiger partial charge in [-0.2, -0.15) is 18.3 Å². The van der Waals surface area contributed by atoms with Crippen LogP contribution in [0.2, 0.25) is 0 Å². The molecule has 10 heteroatoms. The third kappa shape index (κ3) is 3.84. The van der Waals surface area contributed by atoms with Crippen LogP contribution in [0.4, 0.5) is 18.9 Å². The van der Waals surface area contributed by atoms with Crippen molar-refractivity contribution in [3.63, 3.8) is 0 Å². The molecule has 0 unspecified atom stereocenters. The fourth-order valence-corrected chi connectivity index (χ4v) is 1.41. The lowest BCUT2D eigenvalue weighted by Crippen LogP contribution is -2.34. The molecule has 0 aliphatic heterocycles. The van der Waals surface area contributed by atoms with E-state index in [9.17, 15) is 22.8 Å². The quantitative estimate of drug-likeness (QED) is 0.797. The van der Waals surface area contributed by atoms with Gasteiger partial charge in [0.2, 0.25) is 0 Å². The van der Waals surface area contributed by atoms with Gasteiger partial charge in [0.1, 0.15) is 12.2 Å². The Kier molecular flexibility index (Phi) is 3.96. The first-order valence-electron chi connectivity index (χ1n) is 5.60. The van der Waals surface area contributed by atoms with E-state index in [4.69, 9.17) is 4.42 Å². The lowest BCUT2D eigenvalue weighted by molar-refractivity contribution is -0.123. The monoisotopic (exact) mass is 302 g/mol. The zero-order valence-electron chi connectivity index (χ0n) is 10.3. The minimum Gasteiger partial charge on any atom is -0.459 e. The van der Waals surface area contributed by atoms with Crippen LogP contribution in [-0.2, 0) is 0 Å². The lowest BCUT2D eigenvalue weighted by atomic mass is 10.3. The number of hydrogen-bond acceptors (Lipinski definition) is 4. The highest BCUT2D eigenvalue weighted by molar-refractivity contribution is 6.06. The Morgan fingerprint density at radius 3 is 2.71 bits per heavy atom. The minimum atomic E-state index is -4.53. The van der Waals surface area contributed by atoms with E-state index in [2.05, 4.69) is 15.5 Å². The molecule has 2 heterocycles. The summed E-state index contributed by atoms with van der Waals surface area (Å²) >= 11 is 0. The number of hydrogen-bond donors (Lipinski definition) is 3. The molecule has 0 saturated carbocycles. The highest BCUT2D eigenvalue weighted by Gasteiger charge is 2.29. The molecule has 0 bridgehead atoms. The molecule has 2 aromatic heterocycles. The number of H-pyrrole nitrogens is 1. The second-order valence-corrected chi connectivity index (χ2v) is 3.89. The van der Waals surface area contributed by atoms with Gasteiger partial charge in [-0.1, -0.05) is 0 Å². The van der Waals surface area contributed by atoms with Crippen molar-refractivity contribution in [1.82, 2.24) is 15.5 Å². The summed E-state index contributed by atoms with van der Waals surface area (Å²) in [5.74, 6) is -1.72. The summed E-state index contributed by atoms with van der Waals surface area (Å²) in [6, 6.07) is 2.88. The average Bonchev–Trinajstić information content (AvgIpc) is 3.05. The Hall–Kier alpha value is -2.78. The van der Waals surface area contributed by atoms with Crippen molar-refractivity contribution in [1.29, 1.82) is 0 Å². The second kappa shape index (κ2) is 5.69. The van der Waals surface area contributed by atoms with Crippen LogP contribution in [0, 0.1) is 0 Å². The van der Waals surface area contributed by atoms with E-state index in [1.807, 2.05) is 0 Å². The maximum absolute atomic E-state index is 12.0. The van der Waals surface area contributed by atoms with Crippen LogP contribution in [0.25, 0.3) is 0 Å². The number of carbonyl (C=O) groups is 2. The maximum Gasteiger partial charge on any atom is 0.405 e. The third-order valence-corrected chi connectivity index (χ3v) is 2.31. The van der Waals surface area contributed by atoms with E-state index < -0.39 is 24.5 Å². The number of halogens is 3. The van der Waals surface area contributed by atoms with Crippen LogP contribution in [-0.4, -0.2) is 34.7 Å². The van der Waals surface area contributed by atoms with Crippen LogP contribution in [0.1, 0.15) is 21.0 Å². The number of amides is 2. The van der Waals surface area contributed by atoms with Gasteiger partial charge in [0.15, 0.2) is 5.76 Å². The molecule has 112 valence electrons. The molecule has 7 nitrogen and oxygen atoms in total. The van der Waals surface area contributed by atoms with E-state index in [0.29, 0.717) is 0 Å². The van der Waals surface area contributed by atoms with Crippen molar-refractivity contribution >= 4 is 17.5 Å². The molecule has 0 aliphatic rings. The molecule has 0 radical (unpaired) electrons. The number of furan rings is 1. The first-order valence-corrected chi connectivity index (χ1v) is 5.60. The van der Waals surface area contributed by atoms with Crippen LogP contribution < -0.4 is 10.6 Å². The summed E-state index contributed by atoms with van der Waals surface area (Å²) in [6.07, 6.45) is -2.15. The molecule has 2 aromatic rings. The zero-order valence-corrected chi connectivity index (χ0v) is 10.3. The molecule has 0 spiro atoms.